The van der Waals surface area contributed by atoms with E-state index in [1.807, 2.05) is 39.8 Å². The topological polar surface area (TPSA) is 72.8 Å². The van der Waals surface area contributed by atoms with Gasteiger partial charge in [-0.15, -0.1) is 0 Å². The number of carbonyl (C=O) groups is 1. The minimum atomic E-state index is -0.505. The number of fused-ring (bicyclic) bond motifs is 2. The van der Waals surface area contributed by atoms with E-state index < -0.39 is 5.76 Å². The highest BCUT2D eigenvalue weighted by atomic mass is 16.4. The Kier molecular flexibility index (Phi) is 3.60. The van der Waals surface area contributed by atoms with Crippen LogP contribution >= 0.6 is 0 Å². The van der Waals surface area contributed by atoms with Crippen molar-refractivity contribution in [1.82, 2.24) is 18.9 Å². The largest absolute Gasteiger partial charge is 0.420 e. The number of aromatic nitrogens is 3. The van der Waals surface area contributed by atoms with Crippen LogP contribution in [-0.2, 0) is 17.9 Å². The Morgan fingerprint density at radius 2 is 2.00 bits per heavy atom. The van der Waals surface area contributed by atoms with Crippen LogP contribution in [0.15, 0.2) is 64.1 Å². The Morgan fingerprint density at radius 1 is 1.19 bits per heavy atom. The number of para-hydroxylation sites is 2. The lowest BCUT2D eigenvalue weighted by Crippen LogP contribution is -2.37. The SMILES string of the molecule is O=C(Cn1c(=O)oc2ccccc21)N(Cc1cnc2ccccn12)C1CC1. The van der Waals surface area contributed by atoms with E-state index >= 15 is 0 Å². The Morgan fingerprint density at radius 3 is 2.85 bits per heavy atom. The van der Waals surface area contributed by atoms with Crippen molar-refractivity contribution in [1.29, 1.82) is 0 Å². The van der Waals surface area contributed by atoms with Gasteiger partial charge in [-0.1, -0.05) is 18.2 Å². The molecule has 0 atom stereocenters. The second-order valence-electron chi connectivity index (χ2n) is 6.85. The van der Waals surface area contributed by atoms with Crippen LogP contribution in [0.25, 0.3) is 16.7 Å². The zero-order valence-corrected chi connectivity index (χ0v) is 14.6. The fourth-order valence-corrected chi connectivity index (χ4v) is 3.47. The number of imidazole rings is 1. The van der Waals surface area contributed by atoms with E-state index in [9.17, 15) is 9.59 Å². The van der Waals surface area contributed by atoms with Crippen molar-refractivity contribution in [2.24, 2.45) is 0 Å². The van der Waals surface area contributed by atoms with Gasteiger partial charge < -0.3 is 13.7 Å². The van der Waals surface area contributed by atoms with Crippen LogP contribution in [0.4, 0.5) is 0 Å². The molecule has 27 heavy (non-hydrogen) atoms. The van der Waals surface area contributed by atoms with Crippen molar-refractivity contribution in [3.63, 3.8) is 0 Å². The third-order valence-electron chi connectivity index (χ3n) is 5.00. The normalized spacial score (nSPS) is 14.1. The van der Waals surface area contributed by atoms with E-state index in [-0.39, 0.29) is 18.5 Å². The van der Waals surface area contributed by atoms with Crippen LogP contribution in [0.5, 0.6) is 0 Å². The molecule has 1 aliphatic rings. The maximum absolute atomic E-state index is 13.0. The van der Waals surface area contributed by atoms with E-state index in [0.717, 1.165) is 24.2 Å². The zero-order valence-electron chi connectivity index (χ0n) is 14.6. The fourth-order valence-electron chi connectivity index (χ4n) is 3.47. The monoisotopic (exact) mass is 362 g/mol. The summed E-state index contributed by atoms with van der Waals surface area (Å²) >= 11 is 0. The molecule has 0 radical (unpaired) electrons. The Labute approximate surface area is 154 Å². The summed E-state index contributed by atoms with van der Waals surface area (Å²) in [7, 11) is 0. The minimum Gasteiger partial charge on any atom is -0.408 e. The Bertz CT molecular complexity index is 1200. The molecule has 5 rings (SSSR count). The summed E-state index contributed by atoms with van der Waals surface area (Å²) in [5.41, 5.74) is 2.94. The molecule has 1 fully saturated rings. The van der Waals surface area contributed by atoms with E-state index in [1.165, 1.54) is 4.57 Å². The van der Waals surface area contributed by atoms with Gasteiger partial charge in [0.05, 0.1) is 24.0 Å². The van der Waals surface area contributed by atoms with Gasteiger partial charge in [0.2, 0.25) is 5.91 Å². The van der Waals surface area contributed by atoms with E-state index in [2.05, 4.69) is 4.98 Å². The van der Waals surface area contributed by atoms with E-state index in [0.29, 0.717) is 17.6 Å². The predicted molar refractivity (Wildman–Crippen MR) is 99.2 cm³/mol. The highest BCUT2D eigenvalue weighted by Crippen LogP contribution is 2.29. The minimum absolute atomic E-state index is 0.0247. The highest BCUT2D eigenvalue weighted by molar-refractivity contribution is 5.80. The Hall–Kier alpha value is -3.35. The lowest BCUT2D eigenvalue weighted by molar-refractivity contribution is -0.133. The van der Waals surface area contributed by atoms with Gasteiger partial charge in [0.25, 0.3) is 0 Å². The molecular formula is C20H18N4O3. The smallest absolute Gasteiger partial charge is 0.408 e. The van der Waals surface area contributed by atoms with Gasteiger partial charge in [0, 0.05) is 12.2 Å². The lowest BCUT2D eigenvalue weighted by Gasteiger charge is -2.22. The van der Waals surface area contributed by atoms with Gasteiger partial charge in [-0.05, 0) is 37.1 Å². The standard InChI is InChI=1S/C20H18N4O3/c25-19(13-24-16-5-1-2-6-17(16)27-20(24)26)23(14-8-9-14)12-15-11-21-18-7-3-4-10-22(15)18/h1-7,10-11,14H,8-9,12-13H2. The number of rotatable bonds is 5. The zero-order chi connectivity index (χ0) is 18.4. The molecule has 0 saturated heterocycles. The quantitative estimate of drug-likeness (QED) is 0.547. The number of oxazole rings is 1. The first kappa shape index (κ1) is 15.9. The number of hydrogen-bond acceptors (Lipinski definition) is 4. The van der Waals surface area contributed by atoms with Crippen LogP contribution in [0.3, 0.4) is 0 Å². The number of hydrogen-bond donors (Lipinski definition) is 0. The van der Waals surface area contributed by atoms with Crippen LogP contribution < -0.4 is 5.76 Å². The molecule has 7 heteroatoms. The van der Waals surface area contributed by atoms with Gasteiger partial charge in [-0.3, -0.25) is 9.36 Å². The van der Waals surface area contributed by atoms with Gasteiger partial charge in [-0.2, -0.15) is 0 Å². The maximum Gasteiger partial charge on any atom is 0.420 e. The summed E-state index contributed by atoms with van der Waals surface area (Å²) in [6.07, 6.45) is 5.73. The number of carbonyl (C=O) groups excluding carboxylic acids is 1. The second-order valence-corrected chi connectivity index (χ2v) is 6.85. The first-order valence-electron chi connectivity index (χ1n) is 8.99. The predicted octanol–water partition coefficient (Wildman–Crippen LogP) is 2.43. The fraction of sp³-hybridized carbons (Fsp3) is 0.250. The van der Waals surface area contributed by atoms with Crippen LogP contribution in [0, 0.1) is 0 Å². The molecular weight excluding hydrogens is 344 g/mol. The van der Waals surface area contributed by atoms with Crippen LogP contribution in [0.1, 0.15) is 18.5 Å². The lowest BCUT2D eigenvalue weighted by atomic mass is 10.3. The van der Waals surface area contributed by atoms with Crippen molar-refractivity contribution in [2.45, 2.75) is 32.0 Å². The maximum atomic E-state index is 13.0. The van der Waals surface area contributed by atoms with Crippen LogP contribution in [-0.4, -0.2) is 30.8 Å². The first-order valence-corrected chi connectivity index (χ1v) is 8.99. The van der Waals surface area contributed by atoms with E-state index in [4.69, 9.17) is 4.42 Å². The molecule has 0 bridgehead atoms. The molecule has 3 heterocycles. The summed E-state index contributed by atoms with van der Waals surface area (Å²) in [4.78, 5) is 31.5. The molecule has 0 unspecified atom stereocenters. The summed E-state index contributed by atoms with van der Waals surface area (Å²) in [5, 5.41) is 0. The molecule has 4 aromatic rings. The molecule has 0 spiro atoms. The number of nitrogens with zero attached hydrogens (tertiary/aromatic N) is 4. The number of pyridine rings is 1. The van der Waals surface area contributed by atoms with Gasteiger partial charge in [0.1, 0.15) is 12.2 Å². The second kappa shape index (κ2) is 6.12. The summed E-state index contributed by atoms with van der Waals surface area (Å²) in [5.74, 6) is -0.591. The molecule has 3 aromatic heterocycles. The highest BCUT2D eigenvalue weighted by Gasteiger charge is 2.33. The molecule has 1 saturated carbocycles. The average Bonchev–Trinajstić information content (AvgIpc) is 3.37. The molecule has 1 amide bonds. The Balaban J connectivity index is 1.44. The molecule has 1 aliphatic carbocycles. The van der Waals surface area contributed by atoms with Gasteiger partial charge in [0.15, 0.2) is 5.58 Å². The van der Waals surface area contributed by atoms with Gasteiger partial charge >= 0.3 is 5.76 Å². The van der Waals surface area contributed by atoms with Crippen molar-refractivity contribution >= 4 is 22.7 Å². The molecule has 0 aliphatic heterocycles. The summed E-state index contributed by atoms with van der Waals surface area (Å²) in [6, 6.07) is 13.2. The summed E-state index contributed by atoms with van der Waals surface area (Å²) < 4.78 is 8.63. The van der Waals surface area contributed by atoms with Crippen LogP contribution in [0.2, 0.25) is 0 Å². The third kappa shape index (κ3) is 2.81. The number of amides is 1. The third-order valence-corrected chi connectivity index (χ3v) is 5.00. The van der Waals surface area contributed by atoms with E-state index in [1.54, 1.807) is 24.4 Å². The number of benzene rings is 1. The van der Waals surface area contributed by atoms with Gasteiger partial charge in [-0.25, -0.2) is 9.78 Å². The van der Waals surface area contributed by atoms with Crippen molar-refractivity contribution < 1.29 is 9.21 Å². The van der Waals surface area contributed by atoms with Crippen molar-refractivity contribution in [2.75, 3.05) is 0 Å². The first-order chi connectivity index (χ1) is 13.2. The van der Waals surface area contributed by atoms with Crippen molar-refractivity contribution in [3.8, 4) is 0 Å². The molecule has 0 N–H and O–H groups in total. The summed E-state index contributed by atoms with van der Waals surface area (Å²) in [6.45, 7) is 0.447. The molecule has 1 aromatic carbocycles. The average molecular weight is 362 g/mol. The molecule has 136 valence electrons. The molecule has 7 nitrogen and oxygen atoms in total. The van der Waals surface area contributed by atoms with Crippen molar-refractivity contribution in [3.05, 3.63) is 71.1 Å².